The van der Waals surface area contributed by atoms with Crippen LogP contribution >= 0.6 is 11.3 Å². The van der Waals surface area contributed by atoms with E-state index in [0.717, 1.165) is 33.2 Å². The van der Waals surface area contributed by atoms with Gasteiger partial charge in [0.25, 0.3) is 0 Å². The molecule has 0 aliphatic rings. The number of amides is 1. The zero-order chi connectivity index (χ0) is 16.5. The molecule has 0 fully saturated rings. The zero-order valence-electron chi connectivity index (χ0n) is 12.9. The van der Waals surface area contributed by atoms with E-state index in [1.54, 1.807) is 11.3 Å². The third-order valence-electron chi connectivity index (χ3n) is 3.64. The topological polar surface area (TPSA) is 59.3 Å². The number of hydrogen-bond donors (Lipinski definition) is 1. The molecule has 6 heteroatoms. The molecule has 0 bridgehead atoms. The molecule has 1 amide bonds. The van der Waals surface area contributed by atoms with Crippen molar-refractivity contribution in [3.05, 3.63) is 60.1 Å². The van der Waals surface area contributed by atoms with Gasteiger partial charge in [0.2, 0.25) is 5.91 Å². The summed E-state index contributed by atoms with van der Waals surface area (Å²) in [5.74, 6) is -0.0835. The normalized spacial score (nSPS) is 10.9. The van der Waals surface area contributed by atoms with E-state index in [4.69, 9.17) is 5.10 Å². The predicted octanol–water partition coefficient (Wildman–Crippen LogP) is 4.08. The Kier molecular flexibility index (Phi) is 3.59. The van der Waals surface area contributed by atoms with E-state index in [1.165, 1.54) is 6.92 Å². The van der Waals surface area contributed by atoms with Gasteiger partial charge in [0.05, 0.1) is 16.8 Å². The molecule has 0 saturated carbocycles. The molecule has 3 aromatic heterocycles. The Bertz CT molecular complexity index is 1000. The first-order valence-corrected chi connectivity index (χ1v) is 8.35. The van der Waals surface area contributed by atoms with Crippen molar-refractivity contribution >= 4 is 28.6 Å². The Morgan fingerprint density at radius 2 is 1.96 bits per heavy atom. The summed E-state index contributed by atoms with van der Waals surface area (Å²) in [6, 6.07) is 15.7. The number of benzene rings is 1. The third kappa shape index (κ3) is 2.68. The largest absolute Gasteiger partial charge is 0.326 e. The summed E-state index contributed by atoms with van der Waals surface area (Å²) in [7, 11) is 0. The summed E-state index contributed by atoms with van der Waals surface area (Å²) >= 11 is 1.66. The van der Waals surface area contributed by atoms with Crippen molar-refractivity contribution < 1.29 is 4.79 Å². The number of anilines is 1. The van der Waals surface area contributed by atoms with E-state index in [-0.39, 0.29) is 5.91 Å². The molecule has 1 aromatic carbocycles. The first-order valence-electron chi connectivity index (χ1n) is 7.47. The second kappa shape index (κ2) is 5.90. The van der Waals surface area contributed by atoms with E-state index < -0.39 is 0 Å². The molecule has 0 saturated heterocycles. The molecule has 118 valence electrons. The number of carbonyl (C=O) groups is 1. The van der Waals surface area contributed by atoms with E-state index in [9.17, 15) is 4.79 Å². The average molecular weight is 334 g/mol. The Morgan fingerprint density at radius 1 is 1.12 bits per heavy atom. The molecule has 5 nitrogen and oxygen atoms in total. The van der Waals surface area contributed by atoms with Crippen LogP contribution in [0.1, 0.15) is 6.92 Å². The van der Waals surface area contributed by atoms with Gasteiger partial charge in [-0.15, -0.1) is 11.3 Å². The molecule has 0 unspecified atom stereocenters. The van der Waals surface area contributed by atoms with Gasteiger partial charge in [-0.05, 0) is 35.7 Å². The lowest BCUT2D eigenvalue weighted by Gasteiger charge is -2.05. The van der Waals surface area contributed by atoms with Gasteiger partial charge in [-0.2, -0.15) is 5.10 Å². The smallest absolute Gasteiger partial charge is 0.221 e. The molecule has 24 heavy (non-hydrogen) atoms. The highest BCUT2D eigenvalue weighted by Crippen LogP contribution is 2.26. The number of thiophene rings is 1. The van der Waals surface area contributed by atoms with Crippen LogP contribution in [-0.4, -0.2) is 20.5 Å². The van der Waals surface area contributed by atoms with Crippen molar-refractivity contribution in [3.8, 4) is 21.8 Å². The standard InChI is InChI=1S/C18H14N4OS/c1-12(23)20-14-6-4-13(5-7-14)16-11-19-18-9-8-15(21-22(16)18)17-3-2-10-24-17/h2-11H,1H3,(H,20,23). The van der Waals surface area contributed by atoms with E-state index in [1.807, 2.05) is 58.6 Å². The Balaban J connectivity index is 1.76. The number of hydrogen-bond acceptors (Lipinski definition) is 4. The summed E-state index contributed by atoms with van der Waals surface area (Å²) in [4.78, 5) is 16.7. The number of fused-ring (bicyclic) bond motifs is 1. The number of rotatable bonds is 3. The van der Waals surface area contributed by atoms with Crippen molar-refractivity contribution in [2.45, 2.75) is 6.92 Å². The van der Waals surface area contributed by atoms with Gasteiger partial charge in [-0.3, -0.25) is 4.79 Å². The first kappa shape index (κ1) is 14.6. The molecule has 1 N–H and O–H groups in total. The van der Waals surface area contributed by atoms with Gasteiger partial charge in [-0.25, -0.2) is 9.50 Å². The minimum absolute atomic E-state index is 0.0835. The Morgan fingerprint density at radius 3 is 2.67 bits per heavy atom. The first-order chi connectivity index (χ1) is 11.7. The minimum Gasteiger partial charge on any atom is -0.326 e. The van der Waals surface area contributed by atoms with Gasteiger partial charge in [0.15, 0.2) is 5.65 Å². The average Bonchev–Trinajstić information content (AvgIpc) is 3.24. The van der Waals surface area contributed by atoms with Crippen LogP contribution in [0.5, 0.6) is 0 Å². The maximum absolute atomic E-state index is 11.1. The lowest BCUT2D eigenvalue weighted by molar-refractivity contribution is -0.114. The Hall–Kier alpha value is -2.99. The predicted molar refractivity (Wildman–Crippen MR) is 96.0 cm³/mol. The van der Waals surface area contributed by atoms with Crippen LogP contribution in [0.4, 0.5) is 5.69 Å². The number of carbonyl (C=O) groups excluding carboxylic acids is 1. The fourth-order valence-corrected chi connectivity index (χ4v) is 3.24. The van der Waals surface area contributed by atoms with E-state index >= 15 is 0 Å². The number of aromatic nitrogens is 3. The second-order valence-electron chi connectivity index (χ2n) is 5.37. The van der Waals surface area contributed by atoms with Gasteiger partial charge in [0.1, 0.15) is 5.69 Å². The van der Waals surface area contributed by atoms with Gasteiger partial charge >= 0.3 is 0 Å². The Labute approximate surface area is 142 Å². The molecule has 4 rings (SSSR count). The van der Waals surface area contributed by atoms with Crippen molar-refractivity contribution in [1.29, 1.82) is 0 Å². The van der Waals surface area contributed by atoms with Crippen LogP contribution in [0.2, 0.25) is 0 Å². The van der Waals surface area contributed by atoms with Gasteiger partial charge in [-0.1, -0.05) is 18.2 Å². The van der Waals surface area contributed by atoms with E-state index in [2.05, 4.69) is 16.4 Å². The van der Waals surface area contributed by atoms with Crippen LogP contribution < -0.4 is 5.32 Å². The molecule has 0 atom stereocenters. The van der Waals surface area contributed by atoms with Crippen molar-refractivity contribution in [2.24, 2.45) is 0 Å². The van der Waals surface area contributed by atoms with Gasteiger partial charge in [0, 0.05) is 18.2 Å². The highest BCUT2D eigenvalue weighted by molar-refractivity contribution is 7.13. The van der Waals surface area contributed by atoms with Crippen LogP contribution in [0.15, 0.2) is 60.1 Å². The maximum Gasteiger partial charge on any atom is 0.221 e. The SMILES string of the molecule is CC(=O)Nc1ccc(-c2cnc3ccc(-c4cccs4)nn23)cc1. The quantitative estimate of drug-likeness (QED) is 0.614. The summed E-state index contributed by atoms with van der Waals surface area (Å²) in [5, 5.41) is 9.52. The summed E-state index contributed by atoms with van der Waals surface area (Å²) < 4.78 is 1.85. The summed E-state index contributed by atoms with van der Waals surface area (Å²) in [6.45, 7) is 1.49. The fourth-order valence-electron chi connectivity index (χ4n) is 2.55. The molecular formula is C18H14N4OS. The van der Waals surface area contributed by atoms with Crippen molar-refractivity contribution in [3.63, 3.8) is 0 Å². The number of nitrogens with zero attached hydrogens (tertiary/aromatic N) is 3. The molecule has 0 radical (unpaired) electrons. The van der Waals surface area contributed by atoms with Crippen LogP contribution in [0.3, 0.4) is 0 Å². The van der Waals surface area contributed by atoms with Crippen LogP contribution in [0.25, 0.3) is 27.5 Å². The molecule has 0 aliphatic heterocycles. The summed E-state index contributed by atoms with van der Waals surface area (Å²) in [6.07, 6.45) is 1.81. The third-order valence-corrected chi connectivity index (χ3v) is 4.53. The molecule has 3 heterocycles. The molecule has 0 aliphatic carbocycles. The number of nitrogens with one attached hydrogen (secondary N) is 1. The van der Waals surface area contributed by atoms with E-state index in [0.29, 0.717) is 0 Å². The maximum atomic E-state index is 11.1. The molecule has 0 spiro atoms. The second-order valence-corrected chi connectivity index (χ2v) is 6.32. The van der Waals surface area contributed by atoms with Crippen molar-refractivity contribution in [1.82, 2.24) is 14.6 Å². The lowest BCUT2D eigenvalue weighted by Crippen LogP contribution is -2.05. The number of imidazole rings is 1. The lowest BCUT2D eigenvalue weighted by atomic mass is 10.1. The molecule has 4 aromatic rings. The van der Waals surface area contributed by atoms with Crippen molar-refractivity contribution in [2.75, 3.05) is 5.32 Å². The summed E-state index contributed by atoms with van der Waals surface area (Å²) in [5.41, 5.74) is 4.40. The monoisotopic (exact) mass is 334 g/mol. The zero-order valence-corrected chi connectivity index (χ0v) is 13.7. The minimum atomic E-state index is -0.0835. The van der Waals surface area contributed by atoms with Crippen LogP contribution in [0, 0.1) is 0 Å². The highest BCUT2D eigenvalue weighted by atomic mass is 32.1. The highest BCUT2D eigenvalue weighted by Gasteiger charge is 2.09. The van der Waals surface area contributed by atoms with Crippen LogP contribution in [-0.2, 0) is 4.79 Å². The molecular weight excluding hydrogens is 320 g/mol. The van der Waals surface area contributed by atoms with Gasteiger partial charge < -0.3 is 5.32 Å². The fraction of sp³-hybridized carbons (Fsp3) is 0.0556.